The summed E-state index contributed by atoms with van der Waals surface area (Å²) in [4.78, 5) is 71.4. The van der Waals surface area contributed by atoms with Crippen molar-refractivity contribution in [1.29, 1.82) is 0 Å². The molecule has 0 aliphatic heterocycles. The summed E-state index contributed by atoms with van der Waals surface area (Å²) in [7, 11) is 1.55. The molecule has 0 aliphatic carbocycles. The number of aromatic nitrogens is 2. The molecule has 0 radical (unpaired) electrons. The Balaban J connectivity index is 1.82. The summed E-state index contributed by atoms with van der Waals surface area (Å²) < 4.78 is 6.91. The second-order valence-electron chi connectivity index (χ2n) is 14.0. The summed E-state index contributed by atoms with van der Waals surface area (Å²) in [6, 6.07) is 13.7. The van der Waals surface area contributed by atoms with E-state index < -0.39 is 53.7 Å². The molecule has 5 amide bonds. The van der Waals surface area contributed by atoms with E-state index in [1.54, 1.807) is 49.9 Å². The number of benzene rings is 2. The van der Waals surface area contributed by atoms with Gasteiger partial charge in [-0.1, -0.05) is 70.5 Å². The van der Waals surface area contributed by atoms with E-state index in [1.165, 1.54) is 0 Å². The number of methoxy groups -OCH3 is 1. The van der Waals surface area contributed by atoms with Crippen molar-refractivity contribution in [2.75, 3.05) is 13.7 Å². The van der Waals surface area contributed by atoms with Crippen molar-refractivity contribution in [3.63, 3.8) is 0 Å². The predicted octanol–water partition coefficient (Wildman–Crippen LogP) is 1.62. The number of nitrogens with zero attached hydrogens (tertiary/aromatic N) is 3. The second-order valence-corrected chi connectivity index (χ2v) is 14.0. The Morgan fingerprint density at radius 2 is 1.51 bits per heavy atom. The molecule has 0 fully saturated rings. The highest BCUT2D eigenvalue weighted by atomic mass is 16.5. The first-order valence-corrected chi connectivity index (χ1v) is 18.4. The first-order valence-electron chi connectivity index (χ1n) is 18.4. The molecule has 16 nitrogen and oxygen atoms in total. The molecule has 0 saturated heterocycles. The van der Waals surface area contributed by atoms with Crippen LogP contribution in [0.1, 0.15) is 75.1 Å². The van der Waals surface area contributed by atoms with E-state index in [-0.39, 0.29) is 49.3 Å². The lowest BCUT2D eigenvalue weighted by molar-refractivity contribution is -0.134. The maximum absolute atomic E-state index is 13.9. The number of aryl methyl sites for hydroxylation is 1. The van der Waals surface area contributed by atoms with Crippen molar-refractivity contribution in [2.24, 2.45) is 34.0 Å². The molecule has 2 aromatic carbocycles. The molecule has 0 spiro atoms. The van der Waals surface area contributed by atoms with Gasteiger partial charge in [0.15, 0.2) is 11.7 Å². The number of carbonyl (C=O) groups is 5. The lowest BCUT2D eigenvalue weighted by atomic mass is 9.95. The van der Waals surface area contributed by atoms with Crippen LogP contribution in [0.15, 0.2) is 65.7 Å². The lowest BCUT2D eigenvalue weighted by Gasteiger charge is -2.29. The topological polar surface area (TPSA) is 251 Å². The highest BCUT2D eigenvalue weighted by Gasteiger charge is 2.33. The zero-order valence-corrected chi connectivity index (χ0v) is 32.5. The number of rotatable bonds is 21. The first-order chi connectivity index (χ1) is 26.1. The number of aliphatic imine (C=N–C) groups is 1. The van der Waals surface area contributed by atoms with Gasteiger partial charge in [-0.3, -0.25) is 29.0 Å². The van der Waals surface area contributed by atoms with Crippen LogP contribution in [0.3, 0.4) is 0 Å². The molecule has 0 aliphatic rings. The Labute approximate surface area is 322 Å². The molecule has 3 rings (SSSR count). The largest absolute Gasteiger partial charge is 0.497 e. The number of amides is 5. The van der Waals surface area contributed by atoms with Crippen LogP contribution in [-0.2, 0) is 25.6 Å². The molecular formula is C39H56N10O6. The average Bonchev–Trinajstić information content (AvgIpc) is 3.55. The van der Waals surface area contributed by atoms with Crippen molar-refractivity contribution in [1.82, 2.24) is 31.0 Å². The molecular weight excluding hydrogens is 704 g/mol. The van der Waals surface area contributed by atoms with Gasteiger partial charge in [0.2, 0.25) is 23.6 Å². The highest BCUT2D eigenvalue weighted by molar-refractivity contribution is 5.98. The van der Waals surface area contributed by atoms with Crippen LogP contribution in [0.2, 0.25) is 0 Å². The molecule has 298 valence electrons. The number of ether oxygens (including phenoxy) is 1. The van der Waals surface area contributed by atoms with Crippen molar-refractivity contribution in [3.05, 3.63) is 77.6 Å². The van der Waals surface area contributed by atoms with Crippen LogP contribution in [0.4, 0.5) is 0 Å². The van der Waals surface area contributed by atoms with E-state index in [0.29, 0.717) is 30.0 Å². The Morgan fingerprint density at radius 1 is 0.836 bits per heavy atom. The number of hydrogen-bond acceptors (Lipinski definition) is 8. The first kappa shape index (κ1) is 43.5. The molecule has 1 heterocycles. The molecule has 3 aromatic rings. The Morgan fingerprint density at radius 3 is 2.13 bits per heavy atom. The van der Waals surface area contributed by atoms with E-state index in [0.717, 1.165) is 5.56 Å². The highest BCUT2D eigenvalue weighted by Crippen LogP contribution is 2.19. The summed E-state index contributed by atoms with van der Waals surface area (Å²) in [5, 5.41) is 15.6. The van der Waals surface area contributed by atoms with Crippen molar-refractivity contribution in [2.45, 2.75) is 90.9 Å². The van der Waals surface area contributed by atoms with Gasteiger partial charge in [0.25, 0.3) is 5.91 Å². The third-order valence-corrected chi connectivity index (χ3v) is 9.06. The van der Waals surface area contributed by atoms with Gasteiger partial charge in [-0.25, -0.2) is 4.68 Å². The Bertz CT molecular complexity index is 1790. The standard InChI is InChI=1S/C39H56N10O6/c1-7-24(4)33(38(54)45-30(34(40)50)21-26-13-9-8-10-14-26)47-36(52)31(19-23(2)3)46-35(51)29(17-12-18-43-39(41)42)44-37(53)32-20-25(5)49(48-32)27-15-11-16-28(22-27)55-6/h8-11,13-16,20,22-24,29-31,33H,7,12,17-19,21H2,1-6H3,(H2,40,50)(H,44,53)(H,45,54)(H,46,51)(H,47,52)(H4,41,42,43)/t24-,29-,30-,31-,33-/m0/s1. The summed E-state index contributed by atoms with van der Waals surface area (Å²) >= 11 is 0. The van der Waals surface area contributed by atoms with Crippen LogP contribution in [-0.4, -0.2) is 83.1 Å². The molecule has 0 saturated carbocycles. The van der Waals surface area contributed by atoms with Gasteiger partial charge >= 0.3 is 0 Å². The van der Waals surface area contributed by atoms with Crippen LogP contribution in [0, 0.1) is 18.8 Å². The molecule has 10 N–H and O–H groups in total. The van der Waals surface area contributed by atoms with Gasteiger partial charge in [0.05, 0.1) is 12.8 Å². The monoisotopic (exact) mass is 760 g/mol. The summed E-state index contributed by atoms with van der Waals surface area (Å²) in [5.41, 5.74) is 18.8. The minimum absolute atomic E-state index is 0.0458. The van der Waals surface area contributed by atoms with Gasteiger partial charge in [0, 0.05) is 24.7 Å². The summed E-state index contributed by atoms with van der Waals surface area (Å²) in [5.74, 6) is -3.00. The lowest BCUT2D eigenvalue weighted by Crippen LogP contribution is -2.59. The third kappa shape index (κ3) is 13.5. The van der Waals surface area contributed by atoms with E-state index in [2.05, 4.69) is 31.4 Å². The number of nitrogens with one attached hydrogen (secondary N) is 4. The van der Waals surface area contributed by atoms with Gasteiger partial charge in [-0.2, -0.15) is 5.10 Å². The fourth-order valence-corrected chi connectivity index (χ4v) is 5.86. The number of primary amides is 1. The quantitative estimate of drug-likeness (QED) is 0.0473. The minimum atomic E-state index is -1.10. The number of hydrogen-bond donors (Lipinski definition) is 7. The van der Waals surface area contributed by atoms with E-state index >= 15 is 0 Å². The number of carbonyl (C=O) groups excluding carboxylic acids is 5. The van der Waals surface area contributed by atoms with Crippen LogP contribution < -0.4 is 43.2 Å². The Kier molecular flexibility index (Phi) is 16.7. The summed E-state index contributed by atoms with van der Waals surface area (Å²) in [6.07, 6.45) is 1.38. The van der Waals surface area contributed by atoms with E-state index in [4.69, 9.17) is 21.9 Å². The third-order valence-electron chi connectivity index (χ3n) is 9.06. The average molecular weight is 761 g/mol. The van der Waals surface area contributed by atoms with Crippen LogP contribution in [0.25, 0.3) is 5.69 Å². The molecule has 16 heteroatoms. The second kappa shape index (κ2) is 21.1. The van der Waals surface area contributed by atoms with Crippen LogP contribution >= 0.6 is 0 Å². The maximum atomic E-state index is 13.9. The van der Waals surface area contributed by atoms with Gasteiger partial charge < -0.3 is 43.2 Å². The minimum Gasteiger partial charge on any atom is -0.497 e. The van der Waals surface area contributed by atoms with E-state index in [9.17, 15) is 24.0 Å². The van der Waals surface area contributed by atoms with Crippen molar-refractivity contribution >= 4 is 35.5 Å². The zero-order valence-electron chi connectivity index (χ0n) is 32.5. The summed E-state index contributed by atoms with van der Waals surface area (Å²) in [6.45, 7) is 9.45. The number of nitrogens with two attached hydrogens (primary N) is 3. The predicted molar refractivity (Wildman–Crippen MR) is 210 cm³/mol. The van der Waals surface area contributed by atoms with Crippen molar-refractivity contribution in [3.8, 4) is 11.4 Å². The molecule has 1 aromatic heterocycles. The normalized spacial score (nSPS) is 13.7. The molecule has 0 bridgehead atoms. The number of guanidine groups is 1. The van der Waals surface area contributed by atoms with Gasteiger partial charge in [-0.05, 0) is 61.8 Å². The fourth-order valence-electron chi connectivity index (χ4n) is 5.86. The molecule has 5 atom stereocenters. The zero-order chi connectivity index (χ0) is 40.7. The Hall–Kier alpha value is -5.93. The van der Waals surface area contributed by atoms with Crippen molar-refractivity contribution < 1.29 is 28.7 Å². The van der Waals surface area contributed by atoms with Crippen LogP contribution in [0.5, 0.6) is 5.75 Å². The molecule has 0 unspecified atom stereocenters. The molecule has 55 heavy (non-hydrogen) atoms. The smallest absolute Gasteiger partial charge is 0.272 e. The SMILES string of the molecule is CC[C@H](C)[C@H](NC(=O)[C@H](CC(C)C)NC(=O)[C@H](CCCN=C(N)N)NC(=O)c1cc(C)n(-c2cccc(OC)c2)n1)C(=O)N[C@@H](Cc1ccccc1)C(N)=O. The maximum Gasteiger partial charge on any atom is 0.272 e. The van der Waals surface area contributed by atoms with E-state index in [1.807, 2.05) is 57.2 Å². The fraction of sp³-hybridized carbons (Fsp3) is 0.462. The van der Waals surface area contributed by atoms with Gasteiger partial charge in [-0.15, -0.1) is 0 Å². The van der Waals surface area contributed by atoms with Gasteiger partial charge in [0.1, 0.15) is 29.9 Å².